The van der Waals surface area contributed by atoms with E-state index in [-0.39, 0.29) is 11.9 Å². The number of carbonyl (C=O) groups is 1. The molecule has 1 rings (SSSR count). The molecule has 1 saturated carbocycles. The van der Waals surface area contributed by atoms with Crippen molar-refractivity contribution in [3.63, 3.8) is 0 Å². The van der Waals surface area contributed by atoms with Gasteiger partial charge in [-0.2, -0.15) is 0 Å². The summed E-state index contributed by atoms with van der Waals surface area (Å²) in [5.41, 5.74) is 0. The Morgan fingerprint density at radius 2 is 2.00 bits per heavy atom. The van der Waals surface area contributed by atoms with Gasteiger partial charge < -0.3 is 5.32 Å². The van der Waals surface area contributed by atoms with Crippen LogP contribution in [0.15, 0.2) is 0 Å². The molecule has 5 heteroatoms. The summed E-state index contributed by atoms with van der Waals surface area (Å²) >= 11 is 0. The molecule has 0 aromatic rings. The van der Waals surface area contributed by atoms with E-state index in [9.17, 15) is 13.2 Å². The van der Waals surface area contributed by atoms with Crippen molar-refractivity contribution in [3.8, 4) is 0 Å². The molecule has 0 aliphatic heterocycles. The van der Waals surface area contributed by atoms with E-state index in [1.165, 1.54) is 6.92 Å². The van der Waals surface area contributed by atoms with Gasteiger partial charge in [0, 0.05) is 12.3 Å². The lowest BCUT2D eigenvalue weighted by Crippen LogP contribution is -2.38. The number of carbonyl (C=O) groups excluding carboxylic acids is 1. The Hall–Kier alpha value is -0.580. The molecule has 1 aliphatic carbocycles. The van der Waals surface area contributed by atoms with E-state index >= 15 is 0 Å². The Morgan fingerprint density at radius 3 is 2.33 bits per heavy atom. The van der Waals surface area contributed by atoms with Gasteiger partial charge in [0.05, 0.1) is 0 Å². The lowest BCUT2D eigenvalue weighted by Gasteiger charge is -2.08. The number of hydrogen-bond donors (Lipinski definition) is 1. The fraction of sp³-hybridized carbons (Fsp3) is 0.857. The molecule has 1 atom stereocenters. The molecule has 0 heterocycles. The summed E-state index contributed by atoms with van der Waals surface area (Å²) < 4.78 is 21.8. The van der Waals surface area contributed by atoms with Crippen LogP contribution in [0.2, 0.25) is 0 Å². The second-order valence-corrected chi connectivity index (χ2v) is 5.62. The number of rotatable bonds is 3. The smallest absolute Gasteiger partial charge is 0.238 e. The van der Waals surface area contributed by atoms with E-state index in [1.807, 2.05) is 0 Å². The molecule has 70 valence electrons. The first-order valence-electron chi connectivity index (χ1n) is 3.90. The molecular formula is C7H13NO3S. The molecule has 1 unspecified atom stereocenters. The van der Waals surface area contributed by atoms with E-state index in [1.54, 1.807) is 0 Å². The Morgan fingerprint density at radius 1 is 1.50 bits per heavy atom. The average molecular weight is 191 g/mol. The van der Waals surface area contributed by atoms with Crippen LogP contribution in [-0.4, -0.2) is 31.9 Å². The van der Waals surface area contributed by atoms with Crippen LogP contribution in [0.5, 0.6) is 0 Å². The number of nitrogens with one attached hydrogen (secondary N) is 1. The van der Waals surface area contributed by atoms with Crippen molar-refractivity contribution in [2.24, 2.45) is 0 Å². The van der Waals surface area contributed by atoms with Crippen molar-refractivity contribution in [2.45, 2.75) is 31.1 Å². The first-order chi connectivity index (χ1) is 5.41. The summed E-state index contributed by atoms with van der Waals surface area (Å²) in [6.07, 6.45) is 3.02. The maximum Gasteiger partial charge on any atom is 0.238 e. The van der Waals surface area contributed by atoms with Crippen LogP contribution in [0.3, 0.4) is 0 Å². The lowest BCUT2D eigenvalue weighted by atomic mass is 10.4. The fourth-order valence-electron chi connectivity index (χ4n) is 0.741. The maximum absolute atomic E-state index is 11.1. The van der Waals surface area contributed by atoms with Crippen LogP contribution in [0.4, 0.5) is 0 Å². The van der Waals surface area contributed by atoms with Crippen LogP contribution < -0.4 is 5.32 Å². The van der Waals surface area contributed by atoms with E-state index in [0.717, 1.165) is 19.1 Å². The van der Waals surface area contributed by atoms with Crippen molar-refractivity contribution >= 4 is 15.7 Å². The average Bonchev–Trinajstić information content (AvgIpc) is 2.68. The summed E-state index contributed by atoms with van der Waals surface area (Å²) in [6.45, 7) is 1.41. The summed E-state index contributed by atoms with van der Waals surface area (Å²) in [5.74, 6) is -0.375. The Bertz CT molecular complexity index is 279. The van der Waals surface area contributed by atoms with E-state index in [0.29, 0.717) is 0 Å². The molecule has 0 aromatic carbocycles. The van der Waals surface area contributed by atoms with Gasteiger partial charge in [-0.1, -0.05) is 0 Å². The second-order valence-electron chi connectivity index (χ2n) is 3.25. The summed E-state index contributed by atoms with van der Waals surface area (Å²) in [5, 5.41) is 1.72. The molecule has 1 N–H and O–H groups in total. The Kier molecular flexibility index (Phi) is 2.41. The van der Waals surface area contributed by atoms with Crippen molar-refractivity contribution in [3.05, 3.63) is 0 Å². The molecule has 1 fully saturated rings. The van der Waals surface area contributed by atoms with Gasteiger partial charge in [0.25, 0.3) is 0 Å². The molecule has 0 spiro atoms. The quantitative estimate of drug-likeness (QED) is 0.666. The maximum atomic E-state index is 11.1. The minimum atomic E-state index is -3.23. The van der Waals surface area contributed by atoms with Gasteiger partial charge in [-0.25, -0.2) is 8.42 Å². The van der Waals surface area contributed by atoms with E-state index in [4.69, 9.17) is 0 Å². The minimum absolute atomic E-state index is 0.224. The van der Waals surface area contributed by atoms with E-state index in [2.05, 4.69) is 5.32 Å². The van der Waals surface area contributed by atoms with Gasteiger partial charge in [0.15, 0.2) is 9.84 Å². The van der Waals surface area contributed by atoms with Crippen LogP contribution in [-0.2, 0) is 14.6 Å². The van der Waals surface area contributed by atoms with Crippen LogP contribution in [0.25, 0.3) is 0 Å². The van der Waals surface area contributed by atoms with Gasteiger partial charge >= 0.3 is 0 Å². The number of hydrogen-bond acceptors (Lipinski definition) is 3. The van der Waals surface area contributed by atoms with Crippen molar-refractivity contribution in [1.29, 1.82) is 0 Å². The zero-order valence-corrected chi connectivity index (χ0v) is 8.02. The molecule has 0 bridgehead atoms. The topological polar surface area (TPSA) is 63.2 Å². The van der Waals surface area contributed by atoms with Crippen molar-refractivity contribution < 1.29 is 13.2 Å². The predicted molar refractivity (Wildman–Crippen MR) is 45.5 cm³/mol. The van der Waals surface area contributed by atoms with Crippen LogP contribution >= 0.6 is 0 Å². The summed E-state index contributed by atoms with van der Waals surface area (Å²) in [7, 11) is -3.23. The normalized spacial score (nSPS) is 20.2. The van der Waals surface area contributed by atoms with Crippen LogP contribution in [0.1, 0.15) is 19.8 Å². The number of sulfone groups is 1. The zero-order valence-electron chi connectivity index (χ0n) is 7.20. The third-order valence-corrected chi connectivity index (χ3v) is 3.43. The standard InChI is InChI=1S/C7H13NO3S/c1-5(12(2,10)11)7(9)8-6-3-4-6/h5-6H,3-4H2,1-2H3,(H,8,9). The Balaban J connectivity index is 2.51. The van der Waals surface area contributed by atoms with Crippen LogP contribution in [0, 0.1) is 0 Å². The van der Waals surface area contributed by atoms with Gasteiger partial charge in [-0.05, 0) is 19.8 Å². The second kappa shape index (κ2) is 3.05. The first-order valence-corrected chi connectivity index (χ1v) is 5.86. The minimum Gasteiger partial charge on any atom is -0.352 e. The first kappa shape index (κ1) is 9.51. The monoisotopic (exact) mass is 191 g/mol. The van der Waals surface area contributed by atoms with Gasteiger partial charge in [0.2, 0.25) is 5.91 Å². The molecule has 1 aliphatic rings. The highest BCUT2D eigenvalue weighted by Crippen LogP contribution is 2.19. The van der Waals surface area contributed by atoms with Crippen molar-refractivity contribution in [2.75, 3.05) is 6.26 Å². The molecule has 0 aromatic heterocycles. The molecule has 0 saturated heterocycles. The summed E-state index contributed by atoms with van der Waals surface area (Å²) in [6, 6.07) is 0.224. The lowest BCUT2D eigenvalue weighted by molar-refractivity contribution is -0.120. The SMILES string of the molecule is CC(C(=O)NC1CC1)S(C)(=O)=O. The van der Waals surface area contributed by atoms with E-state index < -0.39 is 15.1 Å². The highest BCUT2D eigenvalue weighted by Gasteiger charge is 2.29. The highest BCUT2D eigenvalue weighted by atomic mass is 32.2. The zero-order chi connectivity index (χ0) is 9.35. The molecule has 4 nitrogen and oxygen atoms in total. The fourth-order valence-corrected chi connectivity index (χ4v) is 1.20. The molecule has 12 heavy (non-hydrogen) atoms. The third-order valence-electron chi connectivity index (χ3n) is 1.94. The van der Waals surface area contributed by atoms with Crippen molar-refractivity contribution in [1.82, 2.24) is 5.32 Å². The summed E-state index contributed by atoms with van der Waals surface area (Å²) in [4.78, 5) is 11.1. The van der Waals surface area contributed by atoms with Gasteiger partial charge in [-0.15, -0.1) is 0 Å². The predicted octanol–water partition coefficient (Wildman–Crippen LogP) is -0.302. The third kappa shape index (κ3) is 2.48. The van der Waals surface area contributed by atoms with Gasteiger partial charge in [0.1, 0.15) is 5.25 Å². The Labute approximate surface area is 72.3 Å². The molecule has 0 radical (unpaired) electrons. The molecular weight excluding hydrogens is 178 g/mol. The molecule has 1 amide bonds. The highest BCUT2D eigenvalue weighted by molar-refractivity contribution is 7.92. The largest absolute Gasteiger partial charge is 0.352 e. The van der Waals surface area contributed by atoms with Gasteiger partial charge in [-0.3, -0.25) is 4.79 Å². The number of amides is 1.